The molecule has 1 aliphatic heterocycles. The van der Waals surface area contributed by atoms with E-state index in [2.05, 4.69) is 5.32 Å². The molecule has 0 aromatic rings. The molecule has 1 saturated carbocycles. The molecular formula is C11H15NO2. The van der Waals surface area contributed by atoms with E-state index in [1.807, 2.05) is 6.92 Å². The lowest BCUT2D eigenvalue weighted by Gasteiger charge is -2.11. The quantitative estimate of drug-likeness (QED) is 0.507. The average Bonchev–Trinajstić information content (AvgIpc) is 2.73. The maximum absolute atomic E-state index is 11.4. The van der Waals surface area contributed by atoms with E-state index in [9.17, 15) is 9.59 Å². The van der Waals surface area contributed by atoms with Gasteiger partial charge in [-0.1, -0.05) is 18.4 Å². The van der Waals surface area contributed by atoms with Gasteiger partial charge in [0.2, 0.25) is 5.91 Å². The van der Waals surface area contributed by atoms with Gasteiger partial charge in [-0.15, -0.1) is 0 Å². The first-order valence-corrected chi connectivity index (χ1v) is 5.22. The van der Waals surface area contributed by atoms with Gasteiger partial charge in [0.25, 0.3) is 5.91 Å². The first-order valence-electron chi connectivity index (χ1n) is 5.22. The highest BCUT2D eigenvalue weighted by atomic mass is 16.2. The fourth-order valence-electron chi connectivity index (χ4n) is 2.41. The summed E-state index contributed by atoms with van der Waals surface area (Å²) in [6.45, 7) is 2.00. The second-order valence-corrected chi connectivity index (χ2v) is 4.20. The number of rotatable bonds is 1. The van der Waals surface area contributed by atoms with Crippen molar-refractivity contribution in [2.75, 3.05) is 0 Å². The van der Waals surface area contributed by atoms with Gasteiger partial charge in [-0.05, 0) is 25.7 Å². The van der Waals surface area contributed by atoms with Gasteiger partial charge in [-0.3, -0.25) is 14.9 Å². The molecular weight excluding hydrogens is 178 g/mol. The van der Waals surface area contributed by atoms with Crippen molar-refractivity contribution in [3.63, 3.8) is 0 Å². The summed E-state index contributed by atoms with van der Waals surface area (Å²) in [5.41, 5.74) is 1.87. The molecule has 2 amide bonds. The van der Waals surface area contributed by atoms with Crippen LogP contribution in [0.1, 0.15) is 39.0 Å². The van der Waals surface area contributed by atoms with Crippen LogP contribution < -0.4 is 5.32 Å². The van der Waals surface area contributed by atoms with Crippen LogP contribution in [0, 0.1) is 5.92 Å². The first-order chi connectivity index (χ1) is 6.68. The third-order valence-corrected chi connectivity index (χ3v) is 3.31. The van der Waals surface area contributed by atoms with Gasteiger partial charge < -0.3 is 0 Å². The van der Waals surface area contributed by atoms with Crippen LogP contribution in [0.15, 0.2) is 11.1 Å². The second-order valence-electron chi connectivity index (χ2n) is 4.20. The molecule has 0 unspecified atom stereocenters. The Morgan fingerprint density at radius 2 is 1.93 bits per heavy atom. The van der Waals surface area contributed by atoms with Crippen molar-refractivity contribution in [3.05, 3.63) is 11.1 Å². The summed E-state index contributed by atoms with van der Waals surface area (Å²) in [6.07, 6.45) is 5.16. The lowest BCUT2D eigenvalue weighted by Crippen LogP contribution is -2.20. The van der Waals surface area contributed by atoms with Crippen LogP contribution in [-0.4, -0.2) is 11.8 Å². The number of amides is 2. The van der Waals surface area contributed by atoms with Crippen LogP contribution in [0.3, 0.4) is 0 Å². The molecule has 0 atom stereocenters. The fourth-order valence-corrected chi connectivity index (χ4v) is 2.41. The minimum Gasteiger partial charge on any atom is -0.292 e. The standard InChI is InChI=1S/C11H15NO2/c1-7(8-4-2-3-5-8)9-6-10(13)12-11(9)14/h8H,2-6H2,1H3,(H,12,13,14). The minimum atomic E-state index is -0.167. The average molecular weight is 193 g/mol. The summed E-state index contributed by atoms with van der Waals surface area (Å²) in [4.78, 5) is 22.4. The Morgan fingerprint density at radius 3 is 2.43 bits per heavy atom. The van der Waals surface area contributed by atoms with E-state index < -0.39 is 0 Å². The van der Waals surface area contributed by atoms with Gasteiger partial charge in [-0.25, -0.2) is 0 Å². The number of imide groups is 1. The Hall–Kier alpha value is -1.12. The molecule has 3 nitrogen and oxygen atoms in total. The van der Waals surface area contributed by atoms with Crippen LogP contribution in [0.2, 0.25) is 0 Å². The van der Waals surface area contributed by atoms with Gasteiger partial charge >= 0.3 is 0 Å². The van der Waals surface area contributed by atoms with Gasteiger partial charge in [0.1, 0.15) is 0 Å². The van der Waals surface area contributed by atoms with Gasteiger partial charge in [0.15, 0.2) is 0 Å². The van der Waals surface area contributed by atoms with Crippen molar-refractivity contribution >= 4 is 11.8 Å². The number of hydrogen-bond donors (Lipinski definition) is 1. The van der Waals surface area contributed by atoms with Crippen molar-refractivity contribution in [1.82, 2.24) is 5.32 Å². The van der Waals surface area contributed by atoms with Crippen LogP contribution in [0.4, 0.5) is 0 Å². The third-order valence-electron chi connectivity index (χ3n) is 3.31. The molecule has 1 aliphatic carbocycles. The molecule has 0 radical (unpaired) electrons. The molecule has 2 rings (SSSR count). The Bertz CT molecular complexity index is 311. The topological polar surface area (TPSA) is 46.2 Å². The van der Waals surface area contributed by atoms with E-state index in [4.69, 9.17) is 0 Å². The molecule has 0 spiro atoms. The predicted octanol–water partition coefficient (Wildman–Crippen LogP) is 1.54. The number of carbonyl (C=O) groups is 2. The molecule has 2 aliphatic rings. The number of carbonyl (C=O) groups excluding carboxylic acids is 2. The largest absolute Gasteiger partial charge is 0.292 e. The number of nitrogens with one attached hydrogen (secondary N) is 1. The fraction of sp³-hybridized carbons (Fsp3) is 0.636. The highest BCUT2D eigenvalue weighted by molar-refractivity contribution is 6.13. The van der Waals surface area contributed by atoms with Crippen molar-refractivity contribution in [2.45, 2.75) is 39.0 Å². The number of hydrogen-bond acceptors (Lipinski definition) is 2. The van der Waals surface area contributed by atoms with E-state index >= 15 is 0 Å². The van der Waals surface area contributed by atoms with Crippen LogP contribution in [0.5, 0.6) is 0 Å². The van der Waals surface area contributed by atoms with E-state index in [0.29, 0.717) is 12.3 Å². The van der Waals surface area contributed by atoms with Crippen molar-refractivity contribution in [3.8, 4) is 0 Å². The summed E-state index contributed by atoms with van der Waals surface area (Å²) in [7, 11) is 0. The predicted molar refractivity (Wildman–Crippen MR) is 52.4 cm³/mol. The third kappa shape index (κ3) is 1.59. The minimum absolute atomic E-state index is 0.151. The molecule has 3 heteroatoms. The van der Waals surface area contributed by atoms with E-state index in [1.165, 1.54) is 25.7 Å². The summed E-state index contributed by atoms with van der Waals surface area (Å²) >= 11 is 0. The van der Waals surface area contributed by atoms with E-state index in [-0.39, 0.29) is 11.8 Å². The lowest BCUT2D eigenvalue weighted by atomic mass is 9.93. The Balaban J connectivity index is 2.21. The first kappa shape index (κ1) is 9.44. The lowest BCUT2D eigenvalue weighted by molar-refractivity contribution is -0.124. The summed E-state index contributed by atoms with van der Waals surface area (Å²) in [6, 6.07) is 0. The molecule has 1 saturated heterocycles. The molecule has 0 bridgehead atoms. The van der Waals surface area contributed by atoms with Crippen molar-refractivity contribution < 1.29 is 9.59 Å². The van der Waals surface area contributed by atoms with Crippen molar-refractivity contribution in [1.29, 1.82) is 0 Å². The van der Waals surface area contributed by atoms with Crippen LogP contribution in [-0.2, 0) is 9.59 Å². The molecule has 76 valence electrons. The summed E-state index contributed by atoms with van der Waals surface area (Å²) in [5, 5.41) is 2.34. The molecule has 2 fully saturated rings. The molecule has 14 heavy (non-hydrogen) atoms. The smallest absolute Gasteiger partial charge is 0.254 e. The highest BCUT2D eigenvalue weighted by Crippen LogP contribution is 2.33. The zero-order chi connectivity index (χ0) is 10.1. The van der Waals surface area contributed by atoms with Crippen molar-refractivity contribution in [2.24, 2.45) is 5.92 Å². The molecule has 1 N–H and O–H groups in total. The number of allylic oxidation sites excluding steroid dienone is 1. The Labute approximate surface area is 83.6 Å². The normalized spacial score (nSPS) is 26.9. The summed E-state index contributed by atoms with van der Waals surface area (Å²) < 4.78 is 0. The molecule has 1 heterocycles. The zero-order valence-electron chi connectivity index (χ0n) is 8.43. The molecule has 0 aromatic heterocycles. The zero-order valence-corrected chi connectivity index (χ0v) is 8.43. The monoisotopic (exact) mass is 193 g/mol. The highest BCUT2D eigenvalue weighted by Gasteiger charge is 2.29. The summed E-state index contributed by atoms with van der Waals surface area (Å²) in [5.74, 6) is 0.225. The van der Waals surface area contributed by atoms with Gasteiger partial charge in [0, 0.05) is 5.57 Å². The van der Waals surface area contributed by atoms with Gasteiger partial charge in [-0.2, -0.15) is 0 Å². The van der Waals surface area contributed by atoms with Gasteiger partial charge in [0.05, 0.1) is 6.42 Å². The maximum Gasteiger partial charge on any atom is 0.254 e. The maximum atomic E-state index is 11.4. The Kier molecular flexibility index (Phi) is 2.40. The molecule has 0 aromatic carbocycles. The SMILES string of the molecule is CC(=C1CC(=O)NC1=O)C1CCCC1. The van der Waals surface area contributed by atoms with E-state index in [0.717, 1.165) is 11.1 Å². The van der Waals surface area contributed by atoms with E-state index in [1.54, 1.807) is 0 Å². The second kappa shape index (κ2) is 3.56. The Morgan fingerprint density at radius 1 is 1.29 bits per heavy atom. The van der Waals surface area contributed by atoms with Crippen LogP contribution >= 0.6 is 0 Å². The van der Waals surface area contributed by atoms with Crippen LogP contribution in [0.25, 0.3) is 0 Å².